The summed E-state index contributed by atoms with van der Waals surface area (Å²) in [5, 5.41) is 9.70. The quantitative estimate of drug-likeness (QED) is 0.811. The molecule has 0 bridgehead atoms. The highest BCUT2D eigenvalue weighted by atomic mass is 16.3. The van der Waals surface area contributed by atoms with E-state index in [1.807, 2.05) is 25.3 Å². The van der Waals surface area contributed by atoms with Crippen molar-refractivity contribution in [3.8, 4) is 0 Å². The van der Waals surface area contributed by atoms with E-state index in [0.29, 0.717) is 5.92 Å². The van der Waals surface area contributed by atoms with E-state index < -0.39 is 0 Å². The van der Waals surface area contributed by atoms with E-state index in [1.54, 1.807) is 0 Å². The summed E-state index contributed by atoms with van der Waals surface area (Å²) in [5.74, 6) is 1.28. The summed E-state index contributed by atoms with van der Waals surface area (Å²) < 4.78 is 0. The lowest BCUT2D eigenvalue weighted by molar-refractivity contribution is 0.0969. The second-order valence-electron chi connectivity index (χ2n) is 5.02. The van der Waals surface area contributed by atoms with Crippen molar-refractivity contribution in [1.29, 1.82) is 0 Å². The average molecular weight is 235 g/mol. The minimum atomic E-state index is -0.172. The lowest BCUT2D eigenvalue weighted by Crippen LogP contribution is -2.42. The number of anilines is 1. The van der Waals surface area contributed by atoms with Crippen LogP contribution in [0.3, 0.4) is 0 Å². The number of rotatable bonds is 2. The first kappa shape index (κ1) is 12.3. The molecular formula is C13H21N3O. The van der Waals surface area contributed by atoms with Crippen molar-refractivity contribution in [2.45, 2.75) is 32.4 Å². The van der Waals surface area contributed by atoms with Crippen LogP contribution in [0.4, 0.5) is 5.82 Å². The fraction of sp³-hybridized carbons (Fsp3) is 0.615. The van der Waals surface area contributed by atoms with Crippen LogP contribution in [0.15, 0.2) is 18.3 Å². The van der Waals surface area contributed by atoms with Gasteiger partial charge in [-0.25, -0.2) is 4.98 Å². The van der Waals surface area contributed by atoms with E-state index in [2.05, 4.69) is 16.8 Å². The van der Waals surface area contributed by atoms with Gasteiger partial charge >= 0.3 is 0 Å². The topological polar surface area (TPSA) is 62.4 Å². The summed E-state index contributed by atoms with van der Waals surface area (Å²) in [6.07, 6.45) is 2.49. The molecule has 2 rings (SSSR count). The lowest BCUT2D eigenvalue weighted by atomic mass is 9.97. The highest BCUT2D eigenvalue weighted by Gasteiger charge is 2.24. The van der Waals surface area contributed by atoms with Gasteiger partial charge in [0.2, 0.25) is 0 Å². The third-order valence-electron chi connectivity index (χ3n) is 3.48. The normalized spacial score (nSPS) is 26.9. The number of nitrogens with two attached hydrogens (primary N) is 1. The van der Waals surface area contributed by atoms with Crippen LogP contribution in [-0.4, -0.2) is 29.3 Å². The Balaban J connectivity index is 2.07. The van der Waals surface area contributed by atoms with Gasteiger partial charge in [0.25, 0.3) is 0 Å². The minimum absolute atomic E-state index is 0.0265. The maximum atomic E-state index is 9.70. The largest absolute Gasteiger partial charge is 0.393 e. The SMILES string of the molecule is CC1CN(c2ccc([C@@H](C)N)cn2)CCC1O. The molecule has 17 heavy (non-hydrogen) atoms. The third kappa shape index (κ3) is 2.76. The summed E-state index contributed by atoms with van der Waals surface area (Å²) in [6.45, 7) is 5.77. The first-order valence-corrected chi connectivity index (χ1v) is 6.22. The summed E-state index contributed by atoms with van der Waals surface area (Å²) >= 11 is 0. The second kappa shape index (κ2) is 5.02. The molecule has 0 spiro atoms. The molecule has 0 aromatic carbocycles. The number of hydrogen-bond donors (Lipinski definition) is 2. The number of aliphatic hydroxyl groups is 1. The van der Waals surface area contributed by atoms with Crippen molar-refractivity contribution in [1.82, 2.24) is 4.98 Å². The molecule has 3 N–H and O–H groups in total. The molecule has 1 aromatic heterocycles. The molecule has 1 aliphatic heterocycles. The Morgan fingerprint density at radius 3 is 2.82 bits per heavy atom. The third-order valence-corrected chi connectivity index (χ3v) is 3.48. The van der Waals surface area contributed by atoms with Gasteiger partial charge in [-0.1, -0.05) is 13.0 Å². The predicted octanol–water partition coefficient (Wildman–Crippen LogP) is 1.31. The summed E-state index contributed by atoms with van der Waals surface area (Å²) in [6, 6.07) is 4.07. The van der Waals surface area contributed by atoms with Gasteiger partial charge in [0.1, 0.15) is 5.82 Å². The number of hydrogen-bond acceptors (Lipinski definition) is 4. The highest BCUT2D eigenvalue weighted by Crippen LogP contribution is 2.22. The number of aliphatic hydroxyl groups excluding tert-OH is 1. The van der Waals surface area contributed by atoms with Crippen molar-refractivity contribution in [2.24, 2.45) is 11.7 Å². The maximum absolute atomic E-state index is 9.70. The summed E-state index contributed by atoms with van der Waals surface area (Å²) in [4.78, 5) is 6.67. The van der Waals surface area contributed by atoms with E-state index in [4.69, 9.17) is 5.73 Å². The molecule has 2 heterocycles. The van der Waals surface area contributed by atoms with E-state index in [0.717, 1.165) is 30.9 Å². The molecule has 3 atom stereocenters. The number of nitrogens with zero attached hydrogens (tertiary/aromatic N) is 2. The molecule has 1 fully saturated rings. The van der Waals surface area contributed by atoms with Gasteiger partial charge < -0.3 is 15.7 Å². The zero-order valence-corrected chi connectivity index (χ0v) is 10.5. The van der Waals surface area contributed by atoms with Crippen LogP contribution >= 0.6 is 0 Å². The van der Waals surface area contributed by atoms with Crippen molar-refractivity contribution in [3.63, 3.8) is 0 Å². The molecular weight excluding hydrogens is 214 g/mol. The van der Waals surface area contributed by atoms with Crippen LogP contribution in [0.1, 0.15) is 31.9 Å². The molecule has 1 aromatic rings. The van der Waals surface area contributed by atoms with E-state index in [1.165, 1.54) is 0 Å². The molecule has 94 valence electrons. The molecule has 0 radical (unpaired) electrons. The molecule has 0 aliphatic carbocycles. The Morgan fingerprint density at radius 2 is 2.29 bits per heavy atom. The highest BCUT2D eigenvalue weighted by molar-refractivity contribution is 5.40. The van der Waals surface area contributed by atoms with Crippen molar-refractivity contribution >= 4 is 5.82 Å². The Morgan fingerprint density at radius 1 is 1.53 bits per heavy atom. The maximum Gasteiger partial charge on any atom is 0.128 e. The van der Waals surface area contributed by atoms with E-state index in [-0.39, 0.29) is 12.1 Å². The molecule has 0 amide bonds. The van der Waals surface area contributed by atoms with Crippen LogP contribution in [-0.2, 0) is 0 Å². The van der Waals surface area contributed by atoms with Gasteiger partial charge in [0, 0.05) is 25.3 Å². The Kier molecular flexibility index (Phi) is 3.64. The molecule has 1 saturated heterocycles. The monoisotopic (exact) mass is 235 g/mol. The van der Waals surface area contributed by atoms with Crippen molar-refractivity contribution < 1.29 is 5.11 Å². The van der Waals surface area contributed by atoms with E-state index in [9.17, 15) is 5.11 Å². The van der Waals surface area contributed by atoms with Gasteiger partial charge in [-0.15, -0.1) is 0 Å². The van der Waals surface area contributed by atoms with Gasteiger partial charge in [-0.3, -0.25) is 0 Å². The van der Waals surface area contributed by atoms with E-state index >= 15 is 0 Å². The van der Waals surface area contributed by atoms with Gasteiger partial charge in [-0.2, -0.15) is 0 Å². The molecule has 4 nitrogen and oxygen atoms in total. The fourth-order valence-electron chi connectivity index (χ4n) is 2.20. The molecule has 1 aliphatic rings. The van der Waals surface area contributed by atoms with Crippen LogP contribution in [0.5, 0.6) is 0 Å². The van der Waals surface area contributed by atoms with Crippen molar-refractivity contribution in [3.05, 3.63) is 23.9 Å². The average Bonchev–Trinajstić information content (AvgIpc) is 2.33. The van der Waals surface area contributed by atoms with Crippen LogP contribution in [0.25, 0.3) is 0 Å². The Bertz CT molecular complexity index is 363. The summed E-state index contributed by atoms with van der Waals surface area (Å²) in [5.41, 5.74) is 6.85. The minimum Gasteiger partial charge on any atom is -0.393 e. The standard InChI is InChI=1S/C13H21N3O/c1-9-8-16(6-5-12(9)17)13-4-3-11(7-15-13)10(2)14/h3-4,7,9-10,12,17H,5-6,8,14H2,1-2H3/t9?,10-,12?/m1/s1. The lowest BCUT2D eigenvalue weighted by Gasteiger charge is -2.35. The van der Waals surface area contributed by atoms with Crippen molar-refractivity contribution in [2.75, 3.05) is 18.0 Å². The zero-order valence-electron chi connectivity index (χ0n) is 10.5. The molecule has 0 saturated carbocycles. The molecule has 4 heteroatoms. The summed E-state index contributed by atoms with van der Waals surface area (Å²) in [7, 11) is 0. The number of pyridine rings is 1. The number of aromatic nitrogens is 1. The molecule has 2 unspecified atom stereocenters. The van der Waals surface area contributed by atoms with Gasteiger partial charge in [-0.05, 0) is 30.9 Å². The first-order chi connectivity index (χ1) is 8.08. The number of piperidine rings is 1. The Hall–Kier alpha value is -1.13. The van der Waals surface area contributed by atoms with Gasteiger partial charge in [0.05, 0.1) is 6.10 Å². The predicted molar refractivity (Wildman–Crippen MR) is 68.8 cm³/mol. The first-order valence-electron chi connectivity index (χ1n) is 6.22. The zero-order chi connectivity index (χ0) is 12.4. The van der Waals surface area contributed by atoms with Crippen LogP contribution < -0.4 is 10.6 Å². The van der Waals surface area contributed by atoms with Crippen LogP contribution in [0, 0.1) is 5.92 Å². The van der Waals surface area contributed by atoms with Gasteiger partial charge in [0.15, 0.2) is 0 Å². The second-order valence-corrected chi connectivity index (χ2v) is 5.02. The van der Waals surface area contributed by atoms with Crippen LogP contribution in [0.2, 0.25) is 0 Å². The smallest absolute Gasteiger partial charge is 0.128 e. The Labute approximate surface area is 102 Å². The fourth-order valence-corrected chi connectivity index (χ4v) is 2.20.